The number of ether oxygens (including phenoxy) is 1. The molecule has 1 N–H and O–H groups in total. The molecule has 5 nitrogen and oxygen atoms in total. The quantitative estimate of drug-likeness (QED) is 0.766. The molecule has 0 aromatic carbocycles. The minimum atomic E-state index is -0.420. The van der Waals surface area contributed by atoms with E-state index in [1.807, 2.05) is 20.8 Å². The second-order valence-electron chi connectivity index (χ2n) is 7.71. The lowest BCUT2D eigenvalue weighted by Crippen LogP contribution is -2.50. The molecule has 0 bridgehead atoms. The largest absolute Gasteiger partial charge is 0.444 e. The van der Waals surface area contributed by atoms with Crippen LogP contribution in [0.5, 0.6) is 0 Å². The zero-order chi connectivity index (χ0) is 16.2. The van der Waals surface area contributed by atoms with Crippen LogP contribution in [0.2, 0.25) is 0 Å². The molecule has 128 valence electrons. The summed E-state index contributed by atoms with van der Waals surface area (Å²) in [6.45, 7) is 10.1. The Labute approximate surface area is 134 Å². The van der Waals surface area contributed by atoms with E-state index >= 15 is 0 Å². The minimum absolute atomic E-state index is 0.0657. The van der Waals surface area contributed by atoms with E-state index in [1.165, 1.54) is 12.8 Å². The normalized spacial score (nSPS) is 21.7. The lowest BCUT2D eigenvalue weighted by atomic mass is 10.1. The second-order valence-corrected chi connectivity index (χ2v) is 7.71. The first kappa shape index (κ1) is 17.5. The predicted octanol–water partition coefficient (Wildman–Crippen LogP) is 2.48. The molecule has 1 saturated carbocycles. The number of carbonyl (C=O) groups excluding carboxylic acids is 1. The monoisotopic (exact) mass is 312 g/mol. The van der Waals surface area contributed by atoms with Crippen molar-refractivity contribution in [2.75, 3.05) is 32.7 Å². The molecule has 0 radical (unpaired) electrons. The molecular formula is C17H32N2O3. The van der Waals surface area contributed by atoms with Crippen molar-refractivity contribution in [1.29, 1.82) is 0 Å². The van der Waals surface area contributed by atoms with Crippen LogP contribution in [0.25, 0.3) is 0 Å². The van der Waals surface area contributed by atoms with Gasteiger partial charge in [0.2, 0.25) is 0 Å². The maximum atomic E-state index is 12.0. The Morgan fingerprint density at radius 2 is 1.82 bits per heavy atom. The highest BCUT2D eigenvalue weighted by atomic mass is 16.6. The van der Waals surface area contributed by atoms with Crippen LogP contribution in [0.15, 0.2) is 0 Å². The molecule has 2 fully saturated rings. The van der Waals surface area contributed by atoms with Crippen LogP contribution in [0.4, 0.5) is 4.79 Å². The number of nitrogens with zero attached hydrogens (tertiary/aromatic N) is 2. The molecule has 22 heavy (non-hydrogen) atoms. The SMILES string of the molecule is CC(C)(C)OC(=O)N1CCN(CCCCC(O)C2CC2)CC1. The molecule has 2 rings (SSSR count). The van der Waals surface area contributed by atoms with Crippen molar-refractivity contribution in [2.45, 2.75) is 64.6 Å². The van der Waals surface area contributed by atoms with Crippen molar-refractivity contribution in [3.8, 4) is 0 Å². The summed E-state index contributed by atoms with van der Waals surface area (Å²) < 4.78 is 5.41. The highest BCUT2D eigenvalue weighted by Crippen LogP contribution is 2.34. The van der Waals surface area contributed by atoms with Crippen LogP contribution in [0.1, 0.15) is 52.9 Å². The van der Waals surface area contributed by atoms with E-state index in [1.54, 1.807) is 4.90 Å². The number of hydrogen-bond acceptors (Lipinski definition) is 4. The zero-order valence-electron chi connectivity index (χ0n) is 14.4. The first-order valence-electron chi connectivity index (χ1n) is 8.73. The van der Waals surface area contributed by atoms with Crippen LogP contribution in [-0.2, 0) is 4.74 Å². The van der Waals surface area contributed by atoms with Crippen LogP contribution in [0, 0.1) is 5.92 Å². The van der Waals surface area contributed by atoms with Crippen LogP contribution >= 0.6 is 0 Å². The fraction of sp³-hybridized carbons (Fsp3) is 0.941. The number of aliphatic hydroxyl groups excluding tert-OH is 1. The molecule has 1 aliphatic carbocycles. The van der Waals surface area contributed by atoms with Gasteiger partial charge in [-0.15, -0.1) is 0 Å². The number of rotatable bonds is 6. The van der Waals surface area contributed by atoms with Crippen molar-refractivity contribution in [3.63, 3.8) is 0 Å². The van der Waals surface area contributed by atoms with Crippen molar-refractivity contribution >= 4 is 6.09 Å². The van der Waals surface area contributed by atoms with Gasteiger partial charge >= 0.3 is 6.09 Å². The summed E-state index contributed by atoms with van der Waals surface area (Å²) >= 11 is 0. The lowest BCUT2D eigenvalue weighted by Gasteiger charge is -2.35. The summed E-state index contributed by atoms with van der Waals surface area (Å²) in [7, 11) is 0. The number of aliphatic hydroxyl groups is 1. The fourth-order valence-electron chi connectivity index (χ4n) is 2.89. The summed E-state index contributed by atoms with van der Waals surface area (Å²) in [6.07, 6.45) is 5.35. The predicted molar refractivity (Wildman–Crippen MR) is 86.8 cm³/mol. The Balaban J connectivity index is 1.55. The summed E-state index contributed by atoms with van der Waals surface area (Å²) in [5, 5.41) is 9.84. The summed E-state index contributed by atoms with van der Waals surface area (Å²) in [5.74, 6) is 0.595. The molecular weight excluding hydrogens is 280 g/mol. The van der Waals surface area contributed by atoms with Gasteiger partial charge in [-0.25, -0.2) is 4.79 Å². The van der Waals surface area contributed by atoms with Gasteiger partial charge in [0.25, 0.3) is 0 Å². The van der Waals surface area contributed by atoms with Crippen LogP contribution < -0.4 is 0 Å². The van der Waals surface area contributed by atoms with E-state index in [9.17, 15) is 9.90 Å². The molecule has 0 spiro atoms. The molecule has 2 aliphatic rings. The lowest BCUT2D eigenvalue weighted by molar-refractivity contribution is 0.0143. The second kappa shape index (κ2) is 7.64. The van der Waals surface area contributed by atoms with E-state index in [2.05, 4.69) is 4.90 Å². The molecule has 1 amide bonds. The summed E-state index contributed by atoms with van der Waals surface area (Å²) in [5.41, 5.74) is -0.420. The average molecular weight is 312 g/mol. The number of hydrogen-bond donors (Lipinski definition) is 1. The van der Waals surface area contributed by atoms with Crippen LogP contribution in [-0.4, -0.2) is 65.4 Å². The first-order chi connectivity index (χ1) is 10.3. The van der Waals surface area contributed by atoms with E-state index in [4.69, 9.17) is 4.74 Å². The maximum Gasteiger partial charge on any atom is 0.410 e. The number of piperazine rings is 1. The summed E-state index contributed by atoms with van der Waals surface area (Å²) in [4.78, 5) is 16.2. The van der Waals surface area contributed by atoms with Gasteiger partial charge in [0.1, 0.15) is 5.60 Å². The number of carbonyl (C=O) groups is 1. The Kier molecular flexibility index (Phi) is 6.09. The van der Waals surface area contributed by atoms with Crippen molar-refractivity contribution in [3.05, 3.63) is 0 Å². The molecule has 1 saturated heterocycles. The first-order valence-corrected chi connectivity index (χ1v) is 8.73. The average Bonchev–Trinajstić information content (AvgIpc) is 3.26. The Morgan fingerprint density at radius 1 is 1.18 bits per heavy atom. The van der Waals surface area contributed by atoms with Crippen LogP contribution in [0.3, 0.4) is 0 Å². The molecule has 1 aliphatic heterocycles. The van der Waals surface area contributed by atoms with Crippen molar-refractivity contribution < 1.29 is 14.6 Å². The van der Waals surface area contributed by atoms with Gasteiger partial charge in [0.05, 0.1) is 6.10 Å². The van der Waals surface area contributed by atoms with Gasteiger partial charge in [-0.2, -0.15) is 0 Å². The van der Waals surface area contributed by atoms with Gasteiger partial charge in [-0.3, -0.25) is 4.90 Å². The van der Waals surface area contributed by atoms with E-state index in [0.717, 1.165) is 52.0 Å². The third-order valence-corrected chi connectivity index (χ3v) is 4.41. The number of amides is 1. The third kappa shape index (κ3) is 6.13. The molecule has 0 aromatic heterocycles. The third-order valence-electron chi connectivity index (χ3n) is 4.41. The van der Waals surface area contributed by atoms with Crippen molar-refractivity contribution in [1.82, 2.24) is 9.80 Å². The number of unbranched alkanes of at least 4 members (excludes halogenated alkanes) is 1. The fourth-order valence-corrected chi connectivity index (χ4v) is 2.89. The Bertz CT molecular complexity index is 355. The molecule has 0 aromatic rings. The van der Waals surface area contributed by atoms with Gasteiger partial charge in [0, 0.05) is 26.2 Å². The Morgan fingerprint density at radius 3 is 2.36 bits per heavy atom. The highest BCUT2D eigenvalue weighted by molar-refractivity contribution is 5.68. The van der Waals surface area contributed by atoms with Gasteiger partial charge in [-0.05, 0) is 65.3 Å². The topological polar surface area (TPSA) is 53.0 Å². The van der Waals surface area contributed by atoms with Gasteiger partial charge in [-0.1, -0.05) is 0 Å². The van der Waals surface area contributed by atoms with Gasteiger partial charge in [0.15, 0.2) is 0 Å². The highest BCUT2D eigenvalue weighted by Gasteiger charge is 2.29. The molecule has 5 heteroatoms. The van der Waals surface area contributed by atoms with E-state index < -0.39 is 5.60 Å². The molecule has 1 atom stereocenters. The van der Waals surface area contributed by atoms with E-state index in [0.29, 0.717) is 5.92 Å². The molecule has 1 heterocycles. The smallest absolute Gasteiger partial charge is 0.410 e. The van der Waals surface area contributed by atoms with Gasteiger partial charge < -0.3 is 14.7 Å². The standard InChI is InChI=1S/C17H32N2O3/c1-17(2,3)22-16(21)19-12-10-18(11-13-19)9-5-4-6-15(20)14-7-8-14/h14-15,20H,4-13H2,1-3H3. The minimum Gasteiger partial charge on any atom is -0.444 e. The molecule has 1 unspecified atom stereocenters. The van der Waals surface area contributed by atoms with Crippen molar-refractivity contribution in [2.24, 2.45) is 5.92 Å². The Hall–Kier alpha value is -0.810. The summed E-state index contributed by atoms with van der Waals surface area (Å²) in [6, 6.07) is 0. The van der Waals surface area contributed by atoms with E-state index in [-0.39, 0.29) is 12.2 Å². The zero-order valence-corrected chi connectivity index (χ0v) is 14.4. The maximum absolute atomic E-state index is 12.0.